The Balaban J connectivity index is 0. The number of hydrogen-bond acceptors (Lipinski definition) is 32. The molecule has 430 valence electrons. The average molecular weight is 1250 g/mol. The second kappa shape index (κ2) is 37.3. The van der Waals surface area contributed by atoms with E-state index < -0.39 is 105 Å². The zero-order valence-corrected chi connectivity index (χ0v) is 47.0. The van der Waals surface area contributed by atoms with Gasteiger partial charge >= 0.3 is 36.9 Å². The molecule has 0 spiro atoms. The van der Waals surface area contributed by atoms with Crippen LogP contribution in [0.2, 0.25) is 0 Å². The van der Waals surface area contributed by atoms with Crippen molar-refractivity contribution in [1.82, 2.24) is 39.5 Å². The molecule has 3 saturated heterocycles. The van der Waals surface area contributed by atoms with E-state index >= 15 is 0 Å². The quantitative estimate of drug-likeness (QED) is 0.0280. The smallest absolute Gasteiger partial charge is 0.521 e. The van der Waals surface area contributed by atoms with E-state index in [0.29, 0.717) is 13.6 Å². The van der Waals surface area contributed by atoms with Crippen LogP contribution in [0.25, 0.3) is 22.3 Å². The van der Waals surface area contributed by atoms with Crippen molar-refractivity contribution in [3.63, 3.8) is 0 Å². The third-order valence-corrected chi connectivity index (χ3v) is 9.57. The van der Waals surface area contributed by atoms with Gasteiger partial charge in [-0.15, -0.1) is 36.5 Å². The van der Waals surface area contributed by atoms with Crippen LogP contribution < -0.4 is 41.6 Å². The third kappa shape index (κ3) is 26.9. The number of aliphatic hydroxyl groups is 5. The second-order valence-corrected chi connectivity index (χ2v) is 20.0. The molecule has 4 aromatic rings. The van der Waals surface area contributed by atoms with Crippen molar-refractivity contribution in [2.24, 2.45) is 0 Å². The lowest BCUT2D eigenvalue weighted by atomic mass is 9.99. The number of rotatable bonds is 7. The maximum absolute atomic E-state index is 13.3. The highest BCUT2D eigenvalue weighted by Gasteiger charge is 2.48. The predicted octanol–water partition coefficient (Wildman–Crippen LogP) is -3.64. The third-order valence-electron chi connectivity index (χ3n) is 8.69. The zero-order chi connectivity index (χ0) is 60.1. The lowest BCUT2D eigenvalue weighted by Gasteiger charge is -2.23. The number of aromatic amines is 1. The van der Waals surface area contributed by atoms with Crippen molar-refractivity contribution < 1.29 is 126 Å². The fourth-order valence-electron chi connectivity index (χ4n) is 5.29. The number of phosphoric acid groups is 1. The zero-order valence-electron chi connectivity index (χ0n) is 39.2. The normalized spacial score (nSPS) is 25.9. The average Bonchev–Trinajstić information content (AvgIpc) is 4.18. The summed E-state index contributed by atoms with van der Waals surface area (Å²) in [5.74, 6) is 6.70. The van der Waals surface area contributed by atoms with E-state index in [-0.39, 0.29) is 47.7 Å². The van der Waals surface area contributed by atoms with E-state index in [0.717, 1.165) is 8.27 Å². The molecule has 35 nitrogen and oxygen atoms in total. The summed E-state index contributed by atoms with van der Waals surface area (Å²) in [5, 5.41) is 77.1. The Morgan fingerprint density at radius 1 is 0.922 bits per heavy atom. The Bertz CT molecular complexity index is 2660. The van der Waals surface area contributed by atoms with Crippen molar-refractivity contribution in [3.05, 3.63) is 24.8 Å². The van der Waals surface area contributed by atoms with Crippen LogP contribution in [-0.4, -0.2) is 136 Å². The topological polar surface area (TPSA) is 587 Å². The number of nitrogens with two attached hydrogens (primary N) is 2. The van der Waals surface area contributed by atoms with E-state index in [1.54, 1.807) is 6.92 Å². The minimum atomic E-state index is -4.86. The molecule has 4 aromatic heterocycles. The molecule has 16 atom stereocenters. The SMILES string of the molecule is C#C[C@]1(C)O[C@H](O)C[C@@H]1O.C#C[C@]1(C)O[C@H](OP(=O)([O-])O)C[C@@H]1O.C#C[C@]1(CO)O[C@@H](n2cnc3c(N)nc(F)nc32)C[C@@H]1O.CPP.N=PP.Nc1nc(F)nc2nc[nH]c12.O=[P+]([O-])OO.O=[P+]([O-])O[O-].O=[P+]([O-])O[O-]. The molecule has 0 saturated carbocycles. The summed E-state index contributed by atoms with van der Waals surface area (Å²) >= 11 is 0. The number of halogens is 2. The molecule has 13 N–H and O–H groups in total. The van der Waals surface area contributed by atoms with Crippen molar-refractivity contribution in [2.75, 3.05) is 24.7 Å². The number of imidazole rings is 2. The highest BCUT2D eigenvalue weighted by atomic mass is 32.0. The number of aliphatic hydroxyl groups excluding tert-OH is 5. The van der Waals surface area contributed by atoms with Gasteiger partial charge in [0.05, 0.1) is 31.5 Å². The molecule has 3 fully saturated rings. The molecular weight excluding hydrogens is 1210 g/mol. The fraction of sp³-hybridized carbons (Fsp3) is 0.500. The first-order chi connectivity index (χ1) is 35.8. The molecule has 0 aliphatic carbocycles. The predicted molar refractivity (Wildman–Crippen MR) is 256 cm³/mol. The van der Waals surface area contributed by atoms with Crippen molar-refractivity contribution >= 4 is 101 Å². The fourth-order valence-corrected chi connectivity index (χ4v) is 5.72. The van der Waals surface area contributed by atoms with E-state index in [1.165, 1.54) is 24.1 Å². The van der Waals surface area contributed by atoms with Crippen LogP contribution in [0.15, 0.2) is 12.7 Å². The Hall–Kier alpha value is -3.64. The van der Waals surface area contributed by atoms with Gasteiger partial charge in [0.1, 0.15) is 17.8 Å². The Morgan fingerprint density at radius 3 is 1.77 bits per heavy atom. The van der Waals surface area contributed by atoms with E-state index in [1.807, 2.05) is 0 Å². The Kier molecular flexibility index (Phi) is 36.6. The number of fused-ring (bicyclic) bond motifs is 2. The summed E-state index contributed by atoms with van der Waals surface area (Å²) in [7, 11) is -7.81. The minimum absolute atomic E-state index is 0.0741. The number of anilines is 2. The van der Waals surface area contributed by atoms with Gasteiger partial charge in [0.25, 0.3) is 7.82 Å². The molecule has 3 aliphatic heterocycles. The Morgan fingerprint density at radius 2 is 1.39 bits per heavy atom. The first-order valence-corrected chi connectivity index (χ1v) is 30.0. The molecule has 77 heavy (non-hydrogen) atoms. The van der Waals surface area contributed by atoms with Gasteiger partial charge in [-0.3, -0.25) is 18.8 Å². The minimum Gasteiger partial charge on any atom is -0.756 e. The van der Waals surface area contributed by atoms with Crippen molar-refractivity contribution in [1.29, 1.82) is 5.16 Å². The summed E-state index contributed by atoms with van der Waals surface area (Å²) in [5.41, 5.74) is 8.19. The molecule has 45 heteroatoms. The van der Waals surface area contributed by atoms with Crippen molar-refractivity contribution in [3.8, 4) is 37.0 Å². The summed E-state index contributed by atoms with van der Waals surface area (Å²) in [6.07, 6.45) is 10.8. The van der Waals surface area contributed by atoms with Crippen LogP contribution in [-0.2, 0) is 51.0 Å². The van der Waals surface area contributed by atoms with Gasteiger partial charge in [0.2, 0.25) is 0 Å². The lowest BCUT2D eigenvalue weighted by molar-refractivity contribution is -0.644. The number of ether oxygens (including phenoxy) is 3. The molecule has 7 unspecified atom stereocenters. The molecule has 7 rings (SSSR count). The maximum Gasteiger partial charge on any atom is 0.521 e. The molecule has 3 aliphatic rings. The van der Waals surface area contributed by atoms with Gasteiger partial charge in [-0.2, -0.15) is 28.7 Å². The van der Waals surface area contributed by atoms with Gasteiger partial charge in [0, 0.05) is 32.0 Å². The number of nitrogen functional groups attached to an aromatic ring is 2. The number of nitrogens with zero attached hydrogens (tertiary/aromatic N) is 7. The van der Waals surface area contributed by atoms with Crippen LogP contribution >= 0.6 is 66.8 Å². The van der Waals surface area contributed by atoms with Gasteiger partial charge in [-0.1, -0.05) is 26.7 Å². The van der Waals surface area contributed by atoms with Crippen LogP contribution in [0.5, 0.6) is 0 Å². The maximum atomic E-state index is 13.3. The number of H-pyrrole nitrogens is 1. The first-order valence-electron chi connectivity index (χ1n) is 19.4. The van der Waals surface area contributed by atoms with Crippen LogP contribution in [0.1, 0.15) is 39.3 Å². The number of hydrogen-bond donors (Lipinski definition) is 11. The molecule has 0 amide bonds. The van der Waals surface area contributed by atoms with E-state index in [2.05, 4.69) is 95.7 Å². The largest absolute Gasteiger partial charge is 0.756 e. The van der Waals surface area contributed by atoms with Gasteiger partial charge < -0.3 is 91.2 Å². The standard InChI is InChI=1S/C12H12FN5O3.C7H11O6P.C7H10O3.C5H4FN5.CH6P2.H3NP2.3HO4P/c1-2-12(4-19)6(20)3-7(21-12)18-5-15-8-9(14)16-11(13)17-10(8)18;1-3-7(2)5(8)4-6(12-7)13-14(9,10)11;1-3-7(2)5(8)4-6(9)10-7;6-5-10-3(7)2-4(11-5)9-1-8-2;2*1-3-2;3*1-4-5(2)3/h1,5-7,19-20H,3-4H2,(H2,14,16,17);1,5-6,8H,4H2,2H3,(H2,9,10,11);1,5-6,8-9H,4H2,2H3;1H,(H3,7,8,9,10,11);3H,2H2,1H3;1H,2H2;3*1H/p-3/t6-,7+,12+;5-,6+,7-;5-,6-,7-;;;;;;/m000....../s1. The molecule has 0 radical (unpaired) electrons. The van der Waals surface area contributed by atoms with Gasteiger partial charge in [-0.25, -0.2) is 24.6 Å². The van der Waals surface area contributed by atoms with Crippen LogP contribution in [0.4, 0.5) is 20.4 Å². The highest BCUT2D eigenvalue weighted by Crippen LogP contribution is 2.40. The monoisotopic (exact) mass is 1250 g/mol. The molecular formula is C32H46F2N11O24P8-3. The highest BCUT2D eigenvalue weighted by molar-refractivity contribution is 8.02. The molecule has 7 heterocycles. The van der Waals surface area contributed by atoms with Crippen molar-refractivity contribution in [2.45, 2.75) is 87.0 Å². The van der Waals surface area contributed by atoms with Gasteiger partial charge in [0.15, 0.2) is 57.8 Å². The second-order valence-electron chi connectivity index (χ2n) is 13.7. The number of phosphoric ester groups is 1. The Labute approximate surface area is 443 Å². The van der Waals surface area contributed by atoms with E-state index in [9.17, 15) is 38.7 Å². The molecule has 0 bridgehead atoms. The summed E-state index contributed by atoms with van der Waals surface area (Å²) in [6.45, 7) is 4.58. The number of nitrogens with one attached hydrogen (secondary N) is 2. The first kappa shape index (κ1) is 75.4. The van der Waals surface area contributed by atoms with Crippen LogP contribution in [0, 0.1) is 54.3 Å². The summed E-state index contributed by atoms with van der Waals surface area (Å²) in [4.78, 5) is 69.5. The number of terminal acetylenes is 3. The molecule has 0 aromatic carbocycles. The number of aromatic nitrogens is 8. The lowest BCUT2D eigenvalue weighted by Crippen LogP contribution is -2.41. The summed E-state index contributed by atoms with van der Waals surface area (Å²) in [6, 6.07) is 0. The summed E-state index contributed by atoms with van der Waals surface area (Å²) < 4.78 is 91.3. The van der Waals surface area contributed by atoms with Crippen LogP contribution in [0.3, 0.4) is 0 Å². The van der Waals surface area contributed by atoms with Gasteiger partial charge in [-0.05, 0) is 34.2 Å². The van der Waals surface area contributed by atoms with E-state index in [4.69, 9.17) is 104 Å².